The number of hydrogen-bond donors (Lipinski definition) is 1. The molecule has 2 atom stereocenters. The fourth-order valence-corrected chi connectivity index (χ4v) is 3.76. The van der Waals surface area contributed by atoms with E-state index in [2.05, 4.69) is 5.32 Å². The van der Waals surface area contributed by atoms with Crippen molar-refractivity contribution in [3.63, 3.8) is 0 Å². The molecule has 5 rings (SSSR count). The van der Waals surface area contributed by atoms with Crippen molar-refractivity contribution in [3.8, 4) is 23.0 Å². The van der Waals surface area contributed by atoms with Gasteiger partial charge in [0, 0.05) is 24.2 Å². The van der Waals surface area contributed by atoms with Crippen molar-refractivity contribution in [3.05, 3.63) is 47.5 Å². The number of carbonyl (C=O) groups is 3. The minimum Gasteiger partial charge on any atom is -0.454 e. The third-order valence-corrected chi connectivity index (χ3v) is 5.33. The molecule has 2 aromatic carbocycles. The van der Waals surface area contributed by atoms with Crippen LogP contribution in [-0.2, 0) is 4.79 Å². The minimum atomic E-state index is -0.938. The van der Waals surface area contributed by atoms with Gasteiger partial charge in [-0.25, -0.2) is 0 Å². The third kappa shape index (κ3) is 3.01. The van der Waals surface area contributed by atoms with Crippen LogP contribution in [0, 0.1) is 11.8 Å². The molecule has 0 aliphatic carbocycles. The number of hydrogen-bond acceptors (Lipinski definition) is 8. The number of ketones is 3. The average Bonchev–Trinajstić information content (AvgIpc) is 3.40. The molecule has 3 aliphatic rings. The van der Waals surface area contributed by atoms with Crippen LogP contribution in [0.2, 0.25) is 0 Å². The summed E-state index contributed by atoms with van der Waals surface area (Å²) in [6.07, 6.45) is 0. The summed E-state index contributed by atoms with van der Waals surface area (Å²) in [4.78, 5) is 39.0. The zero-order valence-electron chi connectivity index (χ0n) is 15.3. The second kappa shape index (κ2) is 6.89. The number of nitrogens with one attached hydrogen (secondary N) is 1. The fraction of sp³-hybridized carbons (Fsp3) is 0.286. The number of fused-ring (bicyclic) bond motifs is 2. The molecule has 29 heavy (non-hydrogen) atoms. The molecule has 1 saturated heterocycles. The van der Waals surface area contributed by atoms with E-state index < -0.39 is 11.8 Å². The lowest BCUT2D eigenvalue weighted by molar-refractivity contribution is -0.125. The standard InChI is InChI=1S/C21H17NO7/c23-19(11-1-3-15-17(5-11)28-9-26-15)13-7-22-8-14(21(13)25)20(24)12-2-4-16-18(6-12)29-10-27-16/h1-6,13-14,22H,7-10H2. The SMILES string of the molecule is O=C(c1ccc2c(c1)OCO2)C1CNCC(C(=O)c2ccc3c(c2)OCO3)C1=O. The maximum absolute atomic E-state index is 13.0. The highest BCUT2D eigenvalue weighted by Gasteiger charge is 2.40. The summed E-state index contributed by atoms with van der Waals surface area (Å²) < 4.78 is 21.1. The first-order valence-electron chi connectivity index (χ1n) is 9.24. The molecular formula is C21H17NO7. The number of carbonyl (C=O) groups excluding carboxylic acids is 3. The summed E-state index contributed by atoms with van der Waals surface area (Å²) in [6.45, 7) is 0.583. The molecule has 3 heterocycles. The van der Waals surface area contributed by atoms with Gasteiger partial charge in [0.05, 0.1) is 11.8 Å². The average molecular weight is 395 g/mol. The Hall–Kier alpha value is -3.39. The molecule has 0 aromatic heterocycles. The summed E-state index contributed by atoms with van der Waals surface area (Å²) in [5, 5.41) is 3.05. The van der Waals surface area contributed by atoms with E-state index in [1.165, 1.54) is 0 Å². The van der Waals surface area contributed by atoms with E-state index in [4.69, 9.17) is 18.9 Å². The van der Waals surface area contributed by atoms with Crippen LogP contribution in [0.15, 0.2) is 36.4 Å². The summed E-state index contributed by atoms with van der Waals surface area (Å²) in [7, 11) is 0. The van der Waals surface area contributed by atoms with Crippen LogP contribution in [0.4, 0.5) is 0 Å². The molecule has 3 aliphatic heterocycles. The fourth-order valence-electron chi connectivity index (χ4n) is 3.76. The van der Waals surface area contributed by atoms with E-state index in [1.807, 2.05) is 0 Å². The zero-order chi connectivity index (χ0) is 20.0. The Kier molecular flexibility index (Phi) is 4.21. The molecule has 8 nitrogen and oxygen atoms in total. The number of rotatable bonds is 4. The van der Waals surface area contributed by atoms with Crippen molar-refractivity contribution in [2.24, 2.45) is 11.8 Å². The smallest absolute Gasteiger partial charge is 0.231 e. The number of piperidine rings is 1. The summed E-state index contributed by atoms with van der Waals surface area (Å²) in [6, 6.07) is 9.64. The van der Waals surface area contributed by atoms with Gasteiger partial charge >= 0.3 is 0 Å². The second-order valence-corrected chi connectivity index (χ2v) is 7.03. The monoisotopic (exact) mass is 395 g/mol. The zero-order valence-corrected chi connectivity index (χ0v) is 15.3. The lowest BCUT2D eigenvalue weighted by Gasteiger charge is -2.27. The van der Waals surface area contributed by atoms with Gasteiger partial charge in [-0.1, -0.05) is 0 Å². The van der Waals surface area contributed by atoms with Crippen LogP contribution >= 0.6 is 0 Å². The topological polar surface area (TPSA) is 100 Å². The molecule has 1 N–H and O–H groups in total. The van der Waals surface area contributed by atoms with Gasteiger partial charge in [0.2, 0.25) is 13.6 Å². The molecular weight excluding hydrogens is 378 g/mol. The van der Waals surface area contributed by atoms with Gasteiger partial charge in [0.15, 0.2) is 40.3 Å². The van der Waals surface area contributed by atoms with Crippen LogP contribution in [-0.4, -0.2) is 44.0 Å². The predicted octanol–water partition coefficient (Wildman–Crippen LogP) is 1.61. The molecule has 8 heteroatoms. The van der Waals surface area contributed by atoms with Crippen LogP contribution < -0.4 is 24.3 Å². The Labute approximate surface area is 165 Å². The van der Waals surface area contributed by atoms with Crippen LogP contribution in [0.3, 0.4) is 0 Å². The van der Waals surface area contributed by atoms with Crippen LogP contribution in [0.25, 0.3) is 0 Å². The van der Waals surface area contributed by atoms with E-state index in [1.54, 1.807) is 36.4 Å². The summed E-state index contributed by atoms with van der Waals surface area (Å²) >= 11 is 0. The van der Waals surface area contributed by atoms with Gasteiger partial charge in [-0.2, -0.15) is 0 Å². The highest BCUT2D eigenvalue weighted by molar-refractivity contribution is 6.20. The van der Waals surface area contributed by atoms with E-state index in [0.717, 1.165) is 0 Å². The lowest BCUT2D eigenvalue weighted by atomic mass is 9.80. The van der Waals surface area contributed by atoms with E-state index in [-0.39, 0.29) is 44.0 Å². The van der Waals surface area contributed by atoms with Crippen molar-refractivity contribution in [1.29, 1.82) is 0 Å². The molecule has 0 spiro atoms. The van der Waals surface area contributed by atoms with Gasteiger partial charge in [-0.05, 0) is 36.4 Å². The first-order valence-corrected chi connectivity index (χ1v) is 9.24. The molecule has 0 saturated carbocycles. The van der Waals surface area contributed by atoms with E-state index in [9.17, 15) is 14.4 Å². The third-order valence-electron chi connectivity index (χ3n) is 5.33. The highest BCUT2D eigenvalue weighted by atomic mass is 16.7. The van der Waals surface area contributed by atoms with Gasteiger partial charge in [0.1, 0.15) is 0 Å². The minimum absolute atomic E-state index is 0.100. The molecule has 148 valence electrons. The van der Waals surface area contributed by atoms with Gasteiger partial charge in [-0.3, -0.25) is 14.4 Å². The highest BCUT2D eigenvalue weighted by Crippen LogP contribution is 2.35. The first kappa shape index (κ1) is 17.7. The summed E-state index contributed by atoms with van der Waals surface area (Å²) in [5.41, 5.74) is 0.705. The molecule has 0 amide bonds. The van der Waals surface area contributed by atoms with Crippen LogP contribution in [0.1, 0.15) is 20.7 Å². The Balaban J connectivity index is 1.37. The van der Waals surface area contributed by atoms with Gasteiger partial charge in [-0.15, -0.1) is 0 Å². The Morgan fingerprint density at radius 3 is 1.66 bits per heavy atom. The van der Waals surface area contributed by atoms with Crippen molar-refractivity contribution < 1.29 is 33.3 Å². The first-order chi connectivity index (χ1) is 14.1. The molecule has 2 unspecified atom stereocenters. The van der Waals surface area contributed by atoms with Gasteiger partial charge < -0.3 is 24.3 Å². The van der Waals surface area contributed by atoms with Crippen LogP contribution in [0.5, 0.6) is 23.0 Å². The number of benzene rings is 2. The number of Topliss-reactive ketones (excluding diaryl/α,β-unsaturated/α-hetero) is 3. The maximum atomic E-state index is 13.0. The largest absolute Gasteiger partial charge is 0.454 e. The van der Waals surface area contributed by atoms with Crippen molar-refractivity contribution in [1.82, 2.24) is 5.32 Å². The molecule has 0 bridgehead atoms. The predicted molar refractivity (Wildman–Crippen MR) is 98.6 cm³/mol. The Morgan fingerprint density at radius 2 is 1.17 bits per heavy atom. The van der Waals surface area contributed by atoms with E-state index in [0.29, 0.717) is 34.1 Å². The molecule has 0 radical (unpaired) electrons. The van der Waals surface area contributed by atoms with Crippen molar-refractivity contribution in [2.45, 2.75) is 0 Å². The Morgan fingerprint density at radius 1 is 0.724 bits per heavy atom. The van der Waals surface area contributed by atoms with Gasteiger partial charge in [0.25, 0.3) is 0 Å². The normalized spacial score (nSPS) is 21.9. The molecule has 2 aromatic rings. The lowest BCUT2D eigenvalue weighted by Crippen LogP contribution is -2.50. The Bertz CT molecular complexity index is 952. The summed E-state index contributed by atoms with van der Waals surface area (Å²) in [5.74, 6) is -0.877. The van der Waals surface area contributed by atoms with Crippen molar-refractivity contribution >= 4 is 17.3 Å². The number of ether oxygens (including phenoxy) is 4. The van der Waals surface area contributed by atoms with E-state index >= 15 is 0 Å². The van der Waals surface area contributed by atoms with Crippen molar-refractivity contribution in [2.75, 3.05) is 26.7 Å². The maximum Gasteiger partial charge on any atom is 0.231 e. The molecule has 1 fully saturated rings. The quantitative estimate of drug-likeness (QED) is 0.616. The second-order valence-electron chi connectivity index (χ2n) is 7.03.